The van der Waals surface area contributed by atoms with Gasteiger partial charge in [0.2, 0.25) is 0 Å². The molecule has 2 rings (SSSR count). The summed E-state index contributed by atoms with van der Waals surface area (Å²) >= 11 is 0. The average Bonchev–Trinajstić information content (AvgIpc) is 2.42. The molecule has 2 aromatic carbocycles. The van der Waals surface area contributed by atoms with Gasteiger partial charge in [-0.2, -0.15) is 0 Å². The Bertz CT molecular complexity index is 496. The van der Waals surface area contributed by atoms with Crippen LogP contribution in [0.3, 0.4) is 0 Å². The molecule has 3 nitrogen and oxygen atoms in total. The molecule has 2 aromatic rings. The standard InChI is InChI=1S/C15H14NO2/c1-2-16(13-9-5-3-6-10-13)15(17)18-14-11-7-4-8-12-14/h3-12H,1-2H2. The lowest BCUT2D eigenvalue weighted by molar-refractivity contribution is 0.208. The maximum atomic E-state index is 12.0. The van der Waals surface area contributed by atoms with Gasteiger partial charge in [-0.1, -0.05) is 36.4 Å². The molecule has 0 bridgehead atoms. The highest BCUT2D eigenvalue weighted by Crippen LogP contribution is 2.16. The highest BCUT2D eigenvalue weighted by Gasteiger charge is 2.15. The first-order valence-corrected chi connectivity index (χ1v) is 5.70. The van der Waals surface area contributed by atoms with Gasteiger partial charge in [0.15, 0.2) is 0 Å². The molecule has 0 aliphatic rings. The van der Waals surface area contributed by atoms with Gasteiger partial charge in [0.1, 0.15) is 5.75 Å². The van der Waals surface area contributed by atoms with E-state index in [2.05, 4.69) is 6.92 Å². The van der Waals surface area contributed by atoms with Gasteiger partial charge < -0.3 is 4.74 Å². The lowest BCUT2D eigenvalue weighted by Gasteiger charge is -2.20. The largest absolute Gasteiger partial charge is 0.419 e. The summed E-state index contributed by atoms with van der Waals surface area (Å²) in [5.41, 5.74) is 0.772. The zero-order chi connectivity index (χ0) is 12.8. The molecule has 0 saturated carbocycles. The van der Waals surface area contributed by atoms with E-state index in [4.69, 9.17) is 4.74 Å². The lowest BCUT2D eigenvalue weighted by atomic mass is 10.3. The molecular formula is C15H14NO2. The number of hydrogen-bond acceptors (Lipinski definition) is 2. The van der Waals surface area contributed by atoms with E-state index in [1.165, 1.54) is 4.90 Å². The summed E-state index contributed by atoms with van der Waals surface area (Å²) in [6.07, 6.45) is -0.428. The molecular weight excluding hydrogens is 226 g/mol. The molecule has 0 spiro atoms. The monoisotopic (exact) mass is 240 g/mol. The second kappa shape index (κ2) is 5.87. The first kappa shape index (κ1) is 12.2. The zero-order valence-corrected chi connectivity index (χ0v) is 9.95. The number of para-hydroxylation sites is 2. The first-order chi connectivity index (χ1) is 8.81. The molecule has 0 atom stereocenters. The maximum absolute atomic E-state index is 12.0. The van der Waals surface area contributed by atoms with Gasteiger partial charge in [-0.3, -0.25) is 4.90 Å². The summed E-state index contributed by atoms with van der Waals surface area (Å²) in [5, 5.41) is 0. The lowest BCUT2D eigenvalue weighted by Crippen LogP contribution is -2.33. The third kappa shape index (κ3) is 2.88. The van der Waals surface area contributed by atoms with Crippen LogP contribution in [0.4, 0.5) is 10.5 Å². The van der Waals surface area contributed by atoms with E-state index in [1.54, 1.807) is 12.1 Å². The van der Waals surface area contributed by atoms with Crippen LogP contribution in [0, 0.1) is 6.92 Å². The van der Waals surface area contributed by atoms with Gasteiger partial charge in [0.25, 0.3) is 0 Å². The molecule has 0 heterocycles. The molecule has 1 radical (unpaired) electrons. The third-order valence-corrected chi connectivity index (χ3v) is 2.46. The Hall–Kier alpha value is -2.29. The van der Waals surface area contributed by atoms with E-state index in [1.807, 2.05) is 48.5 Å². The molecule has 0 unspecified atom stereocenters. The SMILES string of the molecule is [CH2]CN(C(=O)Oc1ccccc1)c1ccccc1. The number of carbonyl (C=O) groups is 1. The van der Waals surface area contributed by atoms with Crippen molar-refractivity contribution >= 4 is 11.8 Å². The molecule has 18 heavy (non-hydrogen) atoms. The van der Waals surface area contributed by atoms with E-state index < -0.39 is 6.09 Å². The second-order valence-electron chi connectivity index (χ2n) is 3.67. The van der Waals surface area contributed by atoms with Crippen LogP contribution in [0.2, 0.25) is 0 Å². The van der Waals surface area contributed by atoms with Crippen LogP contribution in [0.1, 0.15) is 0 Å². The van der Waals surface area contributed by atoms with E-state index in [0.717, 1.165) is 5.69 Å². The fourth-order valence-electron chi connectivity index (χ4n) is 1.58. The Morgan fingerprint density at radius 1 is 1.00 bits per heavy atom. The van der Waals surface area contributed by atoms with E-state index in [9.17, 15) is 4.79 Å². The smallest absolute Gasteiger partial charge is 0.410 e. The van der Waals surface area contributed by atoms with Gasteiger partial charge in [0.05, 0.1) is 0 Å². The minimum absolute atomic E-state index is 0.315. The predicted octanol–water partition coefficient (Wildman–Crippen LogP) is 3.53. The molecule has 0 N–H and O–H groups in total. The molecule has 91 valence electrons. The van der Waals surface area contributed by atoms with Crippen LogP contribution in [0.15, 0.2) is 60.7 Å². The van der Waals surface area contributed by atoms with Crippen LogP contribution >= 0.6 is 0 Å². The quantitative estimate of drug-likeness (QED) is 0.821. The Kier molecular flexibility index (Phi) is 3.97. The minimum atomic E-state index is -0.428. The number of amides is 1. The Morgan fingerprint density at radius 2 is 1.56 bits per heavy atom. The topological polar surface area (TPSA) is 29.5 Å². The van der Waals surface area contributed by atoms with Crippen molar-refractivity contribution in [2.24, 2.45) is 0 Å². The van der Waals surface area contributed by atoms with Crippen molar-refractivity contribution < 1.29 is 9.53 Å². The van der Waals surface area contributed by atoms with Crippen molar-refractivity contribution in [2.75, 3.05) is 11.4 Å². The van der Waals surface area contributed by atoms with Gasteiger partial charge in [0, 0.05) is 12.2 Å². The van der Waals surface area contributed by atoms with E-state index in [0.29, 0.717) is 12.3 Å². The van der Waals surface area contributed by atoms with Crippen LogP contribution < -0.4 is 9.64 Å². The Balaban J connectivity index is 2.12. The van der Waals surface area contributed by atoms with Crippen LogP contribution in [-0.4, -0.2) is 12.6 Å². The summed E-state index contributed by atoms with van der Waals surface area (Å²) in [4.78, 5) is 13.5. The van der Waals surface area contributed by atoms with Crippen molar-refractivity contribution in [1.82, 2.24) is 0 Å². The fourth-order valence-corrected chi connectivity index (χ4v) is 1.58. The summed E-state index contributed by atoms with van der Waals surface area (Å²) in [7, 11) is 0. The summed E-state index contributed by atoms with van der Waals surface area (Å²) < 4.78 is 5.27. The number of anilines is 1. The number of benzene rings is 2. The second-order valence-corrected chi connectivity index (χ2v) is 3.67. The minimum Gasteiger partial charge on any atom is -0.410 e. The van der Waals surface area contributed by atoms with Crippen molar-refractivity contribution in [3.8, 4) is 5.75 Å². The predicted molar refractivity (Wildman–Crippen MR) is 71.6 cm³/mol. The van der Waals surface area contributed by atoms with Crippen LogP contribution in [-0.2, 0) is 0 Å². The van der Waals surface area contributed by atoms with Crippen molar-refractivity contribution in [3.05, 3.63) is 67.6 Å². The number of nitrogens with zero attached hydrogens (tertiary/aromatic N) is 1. The van der Waals surface area contributed by atoms with Crippen LogP contribution in [0.5, 0.6) is 5.75 Å². The molecule has 3 heteroatoms. The van der Waals surface area contributed by atoms with E-state index >= 15 is 0 Å². The molecule has 0 saturated heterocycles. The van der Waals surface area contributed by atoms with Gasteiger partial charge >= 0.3 is 6.09 Å². The summed E-state index contributed by atoms with van der Waals surface area (Å²) in [6, 6.07) is 18.3. The van der Waals surface area contributed by atoms with E-state index in [-0.39, 0.29) is 0 Å². The average molecular weight is 240 g/mol. The molecule has 0 aliphatic heterocycles. The van der Waals surface area contributed by atoms with Crippen molar-refractivity contribution in [2.45, 2.75) is 0 Å². The summed E-state index contributed by atoms with van der Waals surface area (Å²) in [6.45, 7) is 4.07. The molecule has 0 aliphatic carbocycles. The molecule has 0 aromatic heterocycles. The Morgan fingerprint density at radius 3 is 2.11 bits per heavy atom. The van der Waals surface area contributed by atoms with Gasteiger partial charge in [-0.05, 0) is 31.2 Å². The highest BCUT2D eigenvalue weighted by atomic mass is 16.6. The van der Waals surface area contributed by atoms with Gasteiger partial charge in [-0.25, -0.2) is 4.79 Å². The Labute approximate surface area is 107 Å². The normalized spacial score (nSPS) is 9.83. The number of carbonyl (C=O) groups excluding carboxylic acids is 1. The maximum Gasteiger partial charge on any atom is 0.419 e. The fraction of sp³-hybridized carbons (Fsp3) is 0.0667. The summed E-state index contributed by atoms with van der Waals surface area (Å²) in [5.74, 6) is 0.525. The van der Waals surface area contributed by atoms with Gasteiger partial charge in [-0.15, -0.1) is 0 Å². The highest BCUT2D eigenvalue weighted by molar-refractivity contribution is 5.89. The number of ether oxygens (including phenoxy) is 1. The first-order valence-electron chi connectivity index (χ1n) is 5.70. The zero-order valence-electron chi connectivity index (χ0n) is 9.95. The number of hydrogen-bond donors (Lipinski definition) is 0. The van der Waals surface area contributed by atoms with Crippen LogP contribution in [0.25, 0.3) is 0 Å². The third-order valence-electron chi connectivity index (χ3n) is 2.46. The van der Waals surface area contributed by atoms with Crippen molar-refractivity contribution in [1.29, 1.82) is 0 Å². The molecule has 0 fully saturated rings. The molecule has 1 amide bonds. The number of rotatable bonds is 3. The van der Waals surface area contributed by atoms with Crippen molar-refractivity contribution in [3.63, 3.8) is 0 Å².